The van der Waals surface area contributed by atoms with Crippen LogP contribution in [-0.2, 0) is 11.2 Å². The van der Waals surface area contributed by atoms with E-state index in [1.807, 2.05) is 36.4 Å². The zero-order chi connectivity index (χ0) is 26.0. The molecule has 3 aromatic rings. The highest BCUT2D eigenvalue weighted by Crippen LogP contribution is 2.28. The second kappa shape index (κ2) is 13.7. The van der Waals surface area contributed by atoms with Crippen LogP contribution < -0.4 is 15.5 Å². The summed E-state index contributed by atoms with van der Waals surface area (Å²) >= 11 is 1.12. The summed E-state index contributed by atoms with van der Waals surface area (Å²) in [4.78, 5) is 29.5. The Morgan fingerprint density at radius 3 is 2.62 bits per heavy atom. The highest BCUT2D eigenvalue weighted by Gasteiger charge is 2.24. The van der Waals surface area contributed by atoms with Gasteiger partial charge >= 0.3 is 4.87 Å². The number of aromatic nitrogens is 1. The van der Waals surface area contributed by atoms with E-state index in [0.717, 1.165) is 53.0 Å². The standard InChI is InChI=1S/C28H38N4O4S/c33-23-12-11-21(27-26(23)31-28(36)37-27)13-15-29-17-18-32(22-9-5-2-6-10-22)25(35)14-16-30-19-24(34)20-7-3-1-4-8-20/h1,3-4,7-8,11-12,22,24,29-30,33-34H,2,5-6,9-10,13-19H2,(H,31,36)/t24-/m0/s1. The number of fused-ring (bicyclic) bond motifs is 1. The summed E-state index contributed by atoms with van der Waals surface area (Å²) in [7, 11) is 0. The van der Waals surface area contributed by atoms with E-state index in [1.165, 1.54) is 19.3 Å². The zero-order valence-corrected chi connectivity index (χ0v) is 22.1. The Labute approximate surface area is 221 Å². The number of benzene rings is 2. The van der Waals surface area contributed by atoms with E-state index >= 15 is 0 Å². The topological polar surface area (TPSA) is 118 Å². The number of carbonyl (C=O) groups excluding carboxylic acids is 1. The Morgan fingerprint density at radius 2 is 1.84 bits per heavy atom. The number of carbonyl (C=O) groups is 1. The van der Waals surface area contributed by atoms with Crippen molar-refractivity contribution in [2.45, 2.75) is 57.1 Å². The zero-order valence-electron chi connectivity index (χ0n) is 21.2. The molecule has 1 heterocycles. The predicted octanol–water partition coefficient (Wildman–Crippen LogP) is 3.30. The van der Waals surface area contributed by atoms with Gasteiger partial charge in [-0.1, -0.05) is 67.0 Å². The summed E-state index contributed by atoms with van der Waals surface area (Å²) in [5, 5.41) is 27.0. The van der Waals surface area contributed by atoms with Gasteiger partial charge in [0.05, 0.1) is 10.8 Å². The molecular formula is C28H38N4O4S. The normalized spacial score (nSPS) is 15.2. The molecule has 0 radical (unpaired) electrons. The molecule has 0 spiro atoms. The summed E-state index contributed by atoms with van der Waals surface area (Å²) in [6.07, 6.45) is 6.25. The molecule has 37 heavy (non-hydrogen) atoms. The van der Waals surface area contributed by atoms with Crippen molar-refractivity contribution in [3.05, 3.63) is 63.3 Å². The number of aromatic amines is 1. The van der Waals surface area contributed by atoms with Gasteiger partial charge in [-0.05, 0) is 43.0 Å². The number of aliphatic hydroxyl groups is 1. The number of thiazole rings is 1. The molecule has 1 fully saturated rings. The number of aromatic hydroxyl groups is 1. The van der Waals surface area contributed by atoms with Crippen LogP contribution in [0.25, 0.3) is 10.2 Å². The van der Waals surface area contributed by atoms with E-state index in [2.05, 4.69) is 20.5 Å². The van der Waals surface area contributed by atoms with Crippen molar-refractivity contribution in [1.29, 1.82) is 0 Å². The molecule has 1 atom stereocenters. The second-order valence-electron chi connectivity index (χ2n) is 9.72. The van der Waals surface area contributed by atoms with Gasteiger partial charge in [-0.3, -0.25) is 9.59 Å². The SMILES string of the molecule is O=C(CCNC[C@H](O)c1ccccc1)N(CCNCCc1ccc(O)c2[nH]c(=O)sc12)C1CCCCC1. The van der Waals surface area contributed by atoms with Crippen LogP contribution in [0.1, 0.15) is 55.8 Å². The molecule has 8 nitrogen and oxygen atoms in total. The number of rotatable bonds is 13. The first-order chi connectivity index (χ1) is 18.0. The fraction of sp³-hybridized carbons (Fsp3) is 0.500. The Morgan fingerprint density at radius 1 is 1.05 bits per heavy atom. The summed E-state index contributed by atoms with van der Waals surface area (Å²) in [5.74, 6) is 0.253. The molecule has 5 N–H and O–H groups in total. The molecule has 0 saturated heterocycles. The summed E-state index contributed by atoms with van der Waals surface area (Å²) in [6, 6.07) is 13.3. The molecule has 200 valence electrons. The Bertz CT molecular complexity index is 1190. The first-order valence-electron chi connectivity index (χ1n) is 13.3. The van der Waals surface area contributed by atoms with Gasteiger partial charge in [0.2, 0.25) is 5.91 Å². The maximum Gasteiger partial charge on any atom is 0.305 e. The third-order valence-corrected chi connectivity index (χ3v) is 8.07. The number of phenols is 1. The van der Waals surface area contributed by atoms with Crippen molar-refractivity contribution in [1.82, 2.24) is 20.5 Å². The van der Waals surface area contributed by atoms with E-state index in [9.17, 15) is 19.8 Å². The average Bonchev–Trinajstić information content (AvgIpc) is 3.33. The van der Waals surface area contributed by atoms with Crippen LogP contribution in [0.5, 0.6) is 5.75 Å². The van der Waals surface area contributed by atoms with Crippen molar-refractivity contribution in [3.8, 4) is 5.75 Å². The van der Waals surface area contributed by atoms with Gasteiger partial charge in [0.15, 0.2) is 0 Å². The molecule has 1 aliphatic carbocycles. The van der Waals surface area contributed by atoms with E-state index in [1.54, 1.807) is 6.07 Å². The van der Waals surface area contributed by atoms with Crippen LogP contribution in [-0.4, -0.2) is 64.8 Å². The first-order valence-corrected chi connectivity index (χ1v) is 14.1. The van der Waals surface area contributed by atoms with Crippen molar-refractivity contribution in [2.24, 2.45) is 0 Å². The monoisotopic (exact) mass is 526 g/mol. The number of H-pyrrole nitrogens is 1. The molecule has 2 aromatic carbocycles. The van der Waals surface area contributed by atoms with Crippen LogP contribution in [0.4, 0.5) is 0 Å². The van der Waals surface area contributed by atoms with Crippen molar-refractivity contribution in [3.63, 3.8) is 0 Å². The van der Waals surface area contributed by atoms with Crippen LogP contribution >= 0.6 is 11.3 Å². The van der Waals surface area contributed by atoms with E-state index in [4.69, 9.17) is 0 Å². The van der Waals surface area contributed by atoms with Crippen molar-refractivity contribution >= 4 is 27.5 Å². The molecule has 0 bridgehead atoms. The summed E-state index contributed by atoms with van der Waals surface area (Å²) in [6.45, 7) is 3.04. The van der Waals surface area contributed by atoms with Gasteiger partial charge in [-0.15, -0.1) is 0 Å². The lowest BCUT2D eigenvalue weighted by Crippen LogP contribution is -2.45. The minimum atomic E-state index is -0.586. The first kappa shape index (κ1) is 27.3. The molecule has 4 rings (SSSR count). The molecule has 0 aliphatic heterocycles. The van der Waals surface area contributed by atoms with Crippen LogP contribution in [0.3, 0.4) is 0 Å². The molecule has 1 aromatic heterocycles. The Hall–Kier alpha value is -2.72. The summed E-state index contributed by atoms with van der Waals surface area (Å²) < 4.78 is 0.802. The van der Waals surface area contributed by atoms with Gasteiger partial charge in [0, 0.05) is 38.6 Å². The van der Waals surface area contributed by atoms with E-state index < -0.39 is 6.10 Å². The molecular weight excluding hydrogens is 488 g/mol. The van der Waals surface area contributed by atoms with E-state index in [-0.39, 0.29) is 16.5 Å². The van der Waals surface area contributed by atoms with Crippen LogP contribution in [0, 0.1) is 0 Å². The smallest absolute Gasteiger partial charge is 0.305 e. The third-order valence-electron chi connectivity index (χ3n) is 7.11. The number of amides is 1. The average molecular weight is 527 g/mol. The lowest BCUT2D eigenvalue weighted by atomic mass is 9.94. The maximum atomic E-state index is 13.2. The molecule has 0 unspecified atom stereocenters. The quantitative estimate of drug-likeness (QED) is 0.218. The number of nitrogens with one attached hydrogen (secondary N) is 3. The Balaban J connectivity index is 1.23. The molecule has 1 aliphatic rings. The van der Waals surface area contributed by atoms with Crippen LogP contribution in [0.15, 0.2) is 47.3 Å². The van der Waals surface area contributed by atoms with Crippen molar-refractivity contribution < 1.29 is 15.0 Å². The van der Waals surface area contributed by atoms with Crippen LogP contribution in [0.2, 0.25) is 0 Å². The van der Waals surface area contributed by atoms with Gasteiger partial charge in [-0.25, -0.2) is 0 Å². The lowest BCUT2D eigenvalue weighted by molar-refractivity contribution is -0.134. The third kappa shape index (κ3) is 7.64. The number of phenolic OH excluding ortho intramolecular Hbond substituents is 1. The number of aliphatic hydroxyl groups excluding tert-OH is 1. The van der Waals surface area contributed by atoms with Gasteiger partial charge in [0.25, 0.3) is 0 Å². The molecule has 1 saturated carbocycles. The second-order valence-corrected chi connectivity index (χ2v) is 10.7. The maximum absolute atomic E-state index is 13.2. The van der Waals surface area contributed by atoms with Gasteiger partial charge in [0.1, 0.15) is 11.3 Å². The largest absolute Gasteiger partial charge is 0.506 e. The van der Waals surface area contributed by atoms with E-state index in [0.29, 0.717) is 44.2 Å². The minimum absolute atomic E-state index is 0.0933. The van der Waals surface area contributed by atoms with Gasteiger partial charge < -0.3 is 30.7 Å². The van der Waals surface area contributed by atoms with Crippen molar-refractivity contribution in [2.75, 3.05) is 32.7 Å². The molecule has 9 heteroatoms. The highest BCUT2D eigenvalue weighted by molar-refractivity contribution is 7.16. The fourth-order valence-corrected chi connectivity index (χ4v) is 5.99. The predicted molar refractivity (Wildman–Crippen MR) is 148 cm³/mol. The Kier molecular flexibility index (Phi) is 10.1. The number of nitrogens with zero attached hydrogens (tertiary/aromatic N) is 1. The lowest BCUT2D eigenvalue weighted by Gasteiger charge is -2.34. The number of hydrogen-bond acceptors (Lipinski definition) is 7. The highest BCUT2D eigenvalue weighted by atomic mass is 32.1. The number of hydrogen-bond donors (Lipinski definition) is 5. The van der Waals surface area contributed by atoms with Gasteiger partial charge in [-0.2, -0.15) is 0 Å². The fourth-order valence-electron chi connectivity index (χ4n) is 5.09. The molecule has 1 amide bonds. The summed E-state index contributed by atoms with van der Waals surface area (Å²) in [5.41, 5.74) is 2.40. The minimum Gasteiger partial charge on any atom is -0.506 e.